The fraction of sp³-hybridized carbons (Fsp3) is 0.0769. The number of ether oxygens (including phenoxy) is 1. The molecular weight excluding hydrogens is 424 g/mol. The van der Waals surface area contributed by atoms with Gasteiger partial charge in [-0.25, -0.2) is 8.42 Å². The molecule has 0 aliphatic carbocycles. The van der Waals surface area contributed by atoms with Gasteiger partial charge >= 0.3 is 0 Å². The van der Waals surface area contributed by atoms with Gasteiger partial charge in [-0.3, -0.25) is 4.72 Å². The van der Waals surface area contributed by atoms with Gasteiger partial charge in [-0.1, -0.05) is 0 Å². The molecule has 3 N–H and O–H groups in total. The van der Waals surface area contributed by atoms with Crippen molar-refractivity contribution in [2.75, 3.05) is 17.6 Å². The fourth-order valence-corrected chi connectivity index (χ4v) is 3.37. The summed E-state index contributed by atoms with van der Waals surface area (Å²) in [6, 6.07) is 9.37. The normalized spacial score (nSPS) is 11.2. The topological polar surface area (TPSA) is 81.4 Å². The van der Waals surface area contributed by atoms with Crippen LogP contribution in [0, 0.1) is 0 Å². The Morgan fingerprint density at radius 2 is 1.76 bits per heavy atom. The average Bonchev–Trinajstić information content (AvgIpc) is 2.43. The Kier molecular flexibility index (Phi) is 4.80. The Bertz CT molecular complexity index is 779. The fourth-order valence-electron chi connectivity index (χ4n) is 1.63. The molecule has 0 aliphatic rings. The third-order valence-electron chi connectivity index (χ3n) is 2.68. The minimum Gasteiger partial charge on any atom is -0.495 e. The van der Waals surface area contributed by atoms with Crippen LogP contribution in [-0.4, -0.2) is 15.5 Å². The number of nitrogens with one attached hydrogen (secondary N) is 1. The van der Waals surface area contributed by atoms with Crippen molar-refractivity contribution in [2.45, 2.75) is 4.90 Å². The first-order valence-corrected chi connectivity index (χ1v) is 8.82. The van der Waals surface area contributed by atoms with E-state index in [1.807, 2.05) is 0 Å². The lowest BCUT2D eigenvalue weighted by atomic mass is 10.3. The van der Waals surface area contributed by atoms with Crippen LogP contribution < -0.4 is 15.2 Å². The molecule has 5 nitrogen and oxygen atoms in total. The van der Waals surface area contributed by atoms with Crippen LogP contribution in [0.25, 0.3) is 0 Å². The zero-order chi connectivity index (χ0) is 15.6. The molecule has 0 aliphatic heterocycles. The quantitative estimate of drug-likeness (QED) is 0.718. The Morgan fingerprint density at radius 1 is 1.10 bits per heavy atom. The summed E-state index contributed by atoms with van der Waals surface area (Å²) in [5, 5.41) is 0. The van der Waals surface area contributed by atoms with E-state index in [4.69, 9.17) is 10.5 Å². The number of hydrogen-bond donors (Lipinski definition) is 2. The molecule has 0 spiro atoms. The van der Waals surface area contributed by atoms with Gasteiger partial charge in [-0.2, -0.15) is 0 Å². The number of benzene rings is 2. The Labute approximate surface area is 139 Å². The van der Waals surface area contributed by atoms with E-state index in [1.54, 1.807) is 24.3 Å². The van der Waals surface area contributed by atoms with Crippen molar-refractivity contribution in [3.63, 3.8) is 0 Å². The highest BCUT2D eigenvalue weighted by atomic mass is 79.9. The van der Waals surface area contributed by atoms with Crippen LogP contribution in [0.2, 0.25) is 0 Å². The zero-order valence-electron chi connectivity index (χ0n) is 10.9. The van der Waals surface area contributed by atoms with Gasteiger partial charge in [0.15, 0.2) is 0 Å². The number of anilines is 2. The van der Waals surface area contributed by atoms with Gasteiger partial charge in [0.25, 0.3) is 10.0 Å². The molecule has 0 aromatic heterocycles. The van der Waals surface area contributed by atoms with E-state index in [1.165, 1.54) is 19.2 Å². The summed E-state index contributed by atoms with van der Waals surface area (Å²) in [7, 11) is -2.20. The van der Waals surface area contributed by atoms with Gasteiger partial charge in [0.1, 0.15) is 5.75 Å². The van der Waals surface area contributed by atoms with Crippen molar-refractivity contribution in [3.05, 3.63) is 45.3 Å². The smallest absolute Gasteiger partial charge is 0.261 e. The van der Waals surface area contributed by atoms with E-state index < -0.39 is 10.0 Å². The highest BCUT2D eigenvalue weighted by molar-refractivity contribution is 9.11. The number of halogens is 2. The van der Waals surface area contributed by atoms with E-state index in [9.17, 15) is 8.42 Å². The first kappa shape index (κ1) is 16.1. The van der Waals surface area contributed by atoms with Crippen molar-refractivity contribution in [3.8, 4) is 5.75 Å². The second-order valence-corrected chi connectivity index (χ2v) is 7.53. The molecule has 0 bridgehead atoms. The average molecular weight is 436 g/mol. The van der Waals surface area contributed by atoms with Crippen molar-refractivity contribution in [1.82, 2.24) is 0 Å². The van der Waals surface area contributed by atoms with E-state index in [-0.39, 0.29) is 4.90 Å². The lowest BCUT2D eigenvalue weighted by Crippen LogP contribution is -2.13. The molecule has 8 heteroatoms. The summed E-state index contributed by atoms with van der Waals surface area (Å²) in [5.41, 5.74) is 6.46. The predicted octanol–water partition coefficient (Wildman–Crippen LogP) is 3.60. The summed E-state index contributed by atoms with van der Waals surface area (Å²) in [4.78, 5) is 0.0880. The Morgan fingerprint density at radius 3 is 2.38 bits per heavy atom. The first-order valence-electron chi connectivity index (χ1n) is 5.75. The molecule has 0 unspecified atom stereocenters. The second kappa shape index (κ2) is 6.25. The molecule has 0 radical (unpaired) electrons. The third kappa shape index (κ3) is 3.69. The maximum absolute atomic E-state index is 12.3. The molecule has 0 fully saturated rings. The van der Waals surface area contributed by atoms with Crippen molar-refractivity contribution in [1.29, 1.82) is 0 Å². The maximum Gasteiger partial charge on any atom is 0.261 e. The molecule has 2 aromatic rings. The number of hydrogen-bond acceptors (Lipinski definition) is 4. The molecule has 0 amide bonds. The summed E-state index contributed by atoms with van der Waals surface area (Å²) in [5.74, 6) is 0.533. The molecule has 21 heavy (non-hydrogen) atoms. The standard InChI is InChI=1S/C13H12Br2N2O3S/c1-20-13-6-8(2-4-11(13)15)17-21(18,19)9-3-5-10(14)12(16)7-9/h2-7,17H,16H2,1H3. The van der Waals surface area contributed by atoms with Gasteiger partial charge in [0.05, 0.1) is 22.2 Å². The third-order valence-corrected chi connectivity index (χ3v) is 5.44. The SMILES string of the molecule is COc1cc(NS(=O)(=O)c2ccc(Br)c(N)c2)ccc1Br. The number of nitrogens with two attached hydrogens (primary N) is 1. The molecule has 0 saturated heterocycles. The van der Waals surface area contributed by atoms with Crippen LogP contribution in [0.4, 0.5) is 11.4 Å². The van der Waals surface area contributed by atoms with Gasteiger partial charge in [-0.05, 0) is 62.2 Å². The van der Waals surface area contributed by atoms with Crippen LogP contribution in [0.1, 0.15) is 0 Å². The molecule has 2 aromatic carbocycles. The molecule has 0 heterocycles. The number of methoxy groups -OCH3 is 1. The monoisotopic (exact) mass is 434 g/mol. The van der Waals surface area contributed by atoms with E-state index in [0.717, 1.165) is 4.47 Å². The van der Waals surface area contributed by atoms with Gasteiger partial charge < -0.3 is 10.5 Å². The molecule has 2 rings (SSSR count). The summed E-state index contributed by atoms with van der Waals surface area (Å²) >= 11 is 6.54. The summed E-state index contributed by atoms with van der Waals surface area (Å²) < 4.78 is 33.6. The highest BCUT2D eigenvalue weighted by Gasteiger charge is 2.16. The van der Waals surface area contributed by atoms with E-state index >= 15 is 0 Å². The van der Waals surface area contributed by atoms with E-state index in [2.05, 4.69) is 36.6 Å². The number of nitrogen functional groups attached to an aromatic ring is 1. The minimum absolute atomic E-state index is 0.0880. The van der Waals surface area contributed by atoms with Crippen LogP contribution in [-0.2, 0) is 10.0 Å². The van der Waals surface area contributed by atoms with Crippen LogP contribution in [0.3, 0.4) is 0 Å². The van der Waals surface area contributed by atoms with Crippen molar-refractivity contribution >= 4 is 53.3 Å². The molecule has 0 atom stereocenters. The second-order valence-electron chi connectivity index (χ2n) is 4.14. The number of sulfonamides is 1. The zero-order valence-corrected chi connectivity index (χ0v) is 14.9. The molecule has 0 saturated carbocycles. The number of rotatable bonds is 4. The van der Waals surface area contributed by atoms with Crippen LogP contribution in [0.5, 0.6) is 5.75 Å². The molecular formula is C13H12Br2N2O3S. The van der Waals surface area contributed by atoms with Crippen LogP contribution in [0.15, 0.2) is 50.2 Å². The van der Waals surface area contributed by atoms with Gasteiger partial charge in [0, 0.05) is 16.2 Å². The van der Waals surface area contributed by atoms with Gasteiger partial charge in [0.2, 0.25) is 0 Å². The predicted molar refractivity (Wildman–Crippen MR) is 90.1 cm³/mol. The summed E-state index contributed by atoms with van der Waals surface area (Å²) in [6.45, 7) is 0. The van der Waals surface area contributed by atoms with E-state index in [0.29, 0.717) is 21.6 Å². The lowest BCUT2D eigenvalue weighted by Gasteiger charge is -2.11. The largest absolute Gasteiger partial charge is 0.495 e. The Hall–Kier alpha value is -1.25. The van der Waals surface area contributed by atoms with Crippen LogP contribution >= 0.6 is 31.9 Å². The molecule has 112 valence electrons. The summed E-state index contributed by atoms with van der Waals surface area (Å²) in [6.07, 6.45) is 0. The van der Waals surface area contributed by atoms with Gasteiger partial charge in [-0.15, -0.1) is 0 Å². The van der Waals surface area contributed by atoms with Crippen molar-refractivity contribution < 1.29 is 13.2 Å². The lowest BCUT2D eigenvalue weighted by molar-refractivity contribution is 0.412. The van der Waals surface area contributed by atoms with Crippen molar-refractivity contribution in [2.24, 2.45) is 0 Å². The maximum atomic E-state index is 12.3. The first-order chi connectivity index (χ1) is 9.83. The Balaban J connectivity index is 2.35. The minimum atomic E-state index is -3.71. The highest BCUT2D eigenvalue weighted by Crippen LogP contribution is 2.29.